The van der Waals surface area contributed by atoms with Crippen molar-refractivity contribution in [2.24, 2.45) is 5.92 Å². The Hall–Kier alpha value is -3.86. The molecule has 0 bridgehead atoms. The largest absolute Gasteiger partial charge is 0.497 e. The molecule has 2 aliphatic rings. The number of carbonyl (C=O) groups excluding carboxylic acids is 2. The second-order valence-electron chi connectivity index (χ2n) is 8.69. The molecule has 5 heteroatoms. The van der Waals surface area contributed by atoms with Crippen LogP contribution in [-0.4, -0.2) is 18.8 Å². The average Bonchev–Trinajstić information content (AvgIpc) is 2.98. The summed E-state index contributed by atoms with van der Waals surface area (Å²) in [5.74, 6) is 0.855. The molecular weight excluding hydrogens is 412 g/mol. The smallest absolute Gasteiger partial charge is 0.259 e. The number of rotatable bonds is 3. The minimum Gasteiger partial charge on any atom is -0.497 e. The lowest BCUT2D eigenvalue weighted by Gasteiger charge is -2.34. The average molecular weight is 439 g/mol. The number of nitrogens with zero attached hydrogens (tertiary/aromatic N) is 1. The minimum absolute atomic E-state index is 0.0884. The number of hydrogen-bond acceptors (Lipinski definition) is 4. The van der Waals surface area contributed by atoms with E-state index in [0.29, 0.717) is 23.3 Å². The van der Waals surface area contributed by atoms with Gasteiger partial charge in [-0.05, 0) is 54.3 Å². The maximum absolute atomic E-state index is 14.1. The van der Waals surface area contributed by atoms with E-state index < -0.39 is 6.04 Å². The van der Waals surface area contributed by atoms with Crippen LogP contribution in [0.25, 0.3) is 0 Å². The van der Waals surface area contributed by atoms with Crippen LogP contribution in [0.1, 0.15) is 41.7 Å². The van der Waals surface area contributed by atoms with E-state index in [1.54, 1.807) is 36.3 Å². The summed E-state index contributed by atoms with van der Waals surface area (Å²) in [6.07, 6.45) is 1.24. The summed E-state index contributed by atoms with van der Waals surface area (Å²) in [7, 11) is 1.60. The second-order valence-corrected chi connectivity index (χ2v) is 8.69. The molecule has 3 aromatic carbocycles. The molecule has 1 aliphatic carbocycles. The molecule has 1 N–H and O–H groups in total. The topological polar surface area (TPSA) is 58.6 Å². The number of methoxy groups -OCH3 is 1. The number of Topliss-reactive ketones (excluding diaryl/α,β-unsaturated/α-hetero) is 1. The highest BCUT2D eigenvalue weighted by atomic mass is 16.5. The number of fused-ring (bicyclic) bond motifs is 1. The molecule has 0 fully saturated rings. The van der Waals surface area contributed by atoms with Crippen LogP contribution < -0.4 is 15.0 Å². The van der Waals surface area contributed by atoms with Crippen LogP contribution in [0, 0.1) is 5.92 Å². The highest BCUT2D eigenvalue weighted by Gasteiger charge is 2.40. The first-order valence-corrected chi connectivity index (χ1v) is 11.2. The monoisotopic (exact) mass is 438 g/mol. The normalized spacial score (nSPS) is 19.8. The van der Waals surface area contributed by atoms with Crippen molar-refractivity contribution < 1.29 is 14.3 Å². The van der Waals surface area contributed by atoms with Crippen LogP contribution in [0.5, 0.6) is 5.75 Å². The van der Waals surface area contributed by atoms with Crippen molar-refractivity contribution in [3.05, 3.63) is 101 Å². The summed E-state index contributed by atoms with van der Waals surface area (Å²) >= 11 is 0. The highest BCUT2D eigenvalue weighted by Crippen LogP contribution is 2.46. The number of para-hydroxylation sites is 2. The fourth-order valence-electron chi connectivity index (χ4n) is 4.83. The van der Waals surface area contributed by atoms with Crippen LogP contribution in [0.15, 0.2) is 90.1 Å². The van der Waals surface area contributed by atoms with Gasteiger partial charge in [-0.15, -0.1) is 0 Å². The first kappa shape index (κ1) is 21.0. The van der Waals surface area contributed by atoms with Gasteiger partial charge < -0.3 is 10.1 Å². The van der Waals surface area contributed by atoms with E-state index in [9.17, 15) is 9.59 Å². The van der Waals surface area contributed by atoms with Gasteiger partial charge in [0.15, 0.2) is 5.78 Å². The maximum Gasteiger partial charge on any atom is 0.259 e. The minimum atomic E-state index is -0.521. The van der Waals surface area contributed by atoms with Gasteiger partial charge in [0.2, 0.25) is 0 Å². The van der Waals surface area contributed by atoms with Crippen molar-refractivity contribution in [3.63, 3.8) is 0 Å². The molecule has 33 heavy (non-hydrogen) atoms. The molecule has 166 valence electrons. The Morgan fingerprint density at radius 1 is 0.939 bits per heavy atom. The Bertz CT molecular complexity index is 1230. The molecule has 5 nitrogen and oxygen atoms in total. The molecule has 0 saturated carbocycles. The zero-order valence-electron chi connectivity index (χ0n) is 18.7. The molecular formula is C28H26N2O3. The molecule has 1 amide bonds. The van der Waals surface area contributed by atoms with E-state index >= 15 is 0 Å². The fraction of sp³-hybridized carbons (Fsp3) is 0.214. The van der Waals surface area contributed by atoms with E-state index in [0.717, 1.165) is 29.1 Å². The maximum atomic E-state index is 14.1. The van der Waals surface area contributed by atoms with E-state index in [1.165, 1.54) is 0 Å². The van der Waals surface area contributed by atoms with Crippen molar-refractivity contribution >= 4 is 23.1 Å². The van der Waals surface area contributed by atoms with Gasteiger partial charge in [0.1, 0.15) is 5.75 Å². The lowest BCUT2D eigenvalue weighted by molar-refractivity contribution is -0.117. The van der Waals surface area contributed by atoms with Gasteiger partial charge in [0, 0.05) is 23.3 Å². The number of allylic oxidation sites excluding steroid dienone is 1. The molecule has 1 heterocycles. The summed E-state index contributed by atoms with van der Waals surface area (Å²) in [6, 6.07) is 24.2. The number of benzene rings is 3. The van der Waals surface area contributed by atoms with E-state index in [2.05, 4.69) is 12.2 Å². The van der Waals surface area contributed by atoms with Crippen LogP contribution in [0.3, 0.4) is 0 Å². The van der Waals surface area contributed by atoms with Gasteiger partial charge in [0.05, 0.1) is 24.5 Å². The number of ketones is 1. The number of amides is 1. The van der Waals surface area contributed by atoms with Crippen LogP contribution in [0.4, 0.5) is 11.4 Å². The van der Waals surface area contributed by atoms with Crippen molar-refractivity contribution in [3.8, 4) is 5.75 Å². The number of nitrogens with one attached hydrogen (secondary N) is 1. The zero-order chi connectivity index (χ0) is 22.9. The Labute approximate surface area is 193 Å². The summed E-state index contributed by atoms with van der Waals surface area (Å²) in [6.45, 7) is 2.10. The summed E-state index contributed by atoms with van der Waals surface area (Å²) in [5.41, 5.74) is 4.61. The fourth-order valence-corrected chi connectivity index (χ4v) is 4.83. The van der Waals surface area contributed by atoms with Crippen LogP contribution in [0.2, 0.25) is 0 Å². The van der Waals surface area contributed by atoms with Gasteiger partial charge in [0.25, 0.3) is 5.91 Å². The quantitative estimate of drug-likeness (QED) is 0.565. The predicted molar refractivity (Wildman–Crippen MR) is 129 cm³/mol. The van der Waals surface area contributed by atoms with Crippen molar-refractivity contribution in [1.29, 1.82) is 0 Å². The Kier molecular flexibility index (Phi) is 5.47. The van der Waals surface area contributed by atoms with Crippen LogP contribution in [-0.2, 0) is 4.79 Å². The first-order valence-electron chi connectivity index (χ1n) is 11.2. The SMILES string of the molecule is COc1ccc(C(=O)N2c3ccccc3NC3=C(C(=O)CC(C)C3)C2c2ccccc2)cc1. The van der Waals surface area contributed by atoms with Crippen LogP contribution >= 0.6 is 0 Å². The lowest BCUT2D eigenvalue weighted by atomic mass is 9.81. The standard InChI is InChI=1S/C28H26N2O3/c1-18-16-23-26(25(31)17-18)27(19-8-4-3-5-9-19)30(24-11-7-6-10-22(24)29-23)28(32)20-12-14-21(33-2)15-13-20/h3-15,18,27,29H,16-17H2,1-2H3. The number of hydrogen-bond donors (Lipinski definition) is 1. The van der Waals surface area contributed by atoms with E-state index in [4.69, 9.17) is 4.74 Å². The second kappa shape index (κ2) is 8.58. The molecule has 2 unspecified atom stereocenters. The Morgan fingerprint density at radius 3 is 2.36 bits per heavy atom. The van der Waals surface area contributed by atoms with Crippen molar-refractivity contribution in [1.82, 2.24) is 0 Å². The molecule has 1 aliphatic heterocycles. The predicted octanol–water partition coefficient (Wildman–Crippen LogP) is 5.76. The van der Waals surface area contributed by atoms with Gasteiger partial charge in [-0.3, -0.25) is 14.5 Å². The summed E-state index contributed by atoms with van der Waals surface area (Å²) in [5, 5.41) is 3.52. The zero-order valence-corrected chi connectivity index (χ0v) is 18.7. The van der Waals surface area contributed by atoms with Gasteiger partial charge in [-0.2, -0.15) is 0 Å². The van der Waals surface area contributed by atoms with Crippen molar-refractivity contribution in [2.45, 2.75) is 25.8 Å². The number of carbonyl (C=O) groups is 2. The molecule has 0 radical (unpaired) electrons. The number of ether oxygens (including phenoxy) is 1. The third kappa shape index (κ3) is 3.80. The molecule has 0 saturated heterocycles. The lowest BCUT2D eigenvalue weighted by Crippen LogP contribution is -2.38. The van der Waals surface area contributed by atoms with Gasteiger partial charge >= 0.3 is 0 Å². The molecule has 0 spiro atoms. The number of anilines is 2. The van der Waals surface area contributed by atoms with Gasteiger partial charge in [-0.1, -0.05) is 49.4 Å². The Balaban J connectivity index is 1.74. The van der Waals surface area contributed by atoms with E-state index in [-0.39, 0.29) is 17.6 Å². The molecule has 2 atom stereocenters. The third-order valence-corrected chi connectivity index (χ3v) is 6.36. The van der Waals surface area contributed by atoms with Gasteiger partial charge in [-0.25, -0.2) is 0 Å². The highest BCUT2D eigenvalue weighted by molar-refractivity contribution is 6.12. The van der Waals surface area contributed by atoms with E-state index in [1.807, 2.05) is 54.6 Å². The molecule has 0 aromatic heterocycles. The molecule has 3 aromatic rings. The first-order chi connectivity index (χ1) is 16.1. The van der Waals surface area contributed by atoms with Crippen molar-refractivity contribution in [2.75, 3.05) is 17.3 Å². The summed E-state index contributed by atoms with van der Waals surface area (Å²) < 4.78 is 5.27. The molecule has 5 rings (SSSR count). The third-order valence-electron chi connectivity index (χ3n) is 6.36. The summed E-state index contributed by atoms with van der Waals surface area (Å²) in [4.78, 5) is 29.3. The Morgan fingerprint density at radius 2 is 1.64 bits per heavy atom.